The normalized spacial score (nSPS) is 11.4. The van der Waals surface area contributed by atoms with Gasteiger partial charge in [0.15, 0.2) is 11.2 Å². The van der Waals surface area contributed by atoms with E-state index in [-0.39, 0.29) is 5.91 Å². The van der Waals surface area contributed by atoms with Crippen molar-refractivity contribution in [3.8, 4) is 17.2 Å². The third-order valence-electron chi connectivity index (χ3n) is 4.91. The lowest BCUT2D eigenvalue weighted by Gasteiger charge is -2.25. The van der Waals surface area contributed by atoms with Gasteiger partial charge >= 0.3 is 0 Å². The molecule has 0 saturated carbocycles. The molecule has 5 heteroatoms. The Morgan fingerprint density at radius 1 is 1.03 bits per heavy atom. The highest BCUT2D eigenvalue weighted by Gasteiger charge is 2.30. The summed E-state index contributed by atoms with van der Waals surface area (Å²) in [5, 5.41) is 2.91. The second-order valence-corrected chi connectivity index (χ2v) is 7.63. The van der Waals surface area contributed by atoms with Gasteiger partial charge in [-0.25, -0.2) is 4.98 Å². The van der Waals surface area contributed by atoms with Crippen molar-refractivity contribution in [2.24, 2.45) is 0 Å². The minimum absolute atomic E-state index is 0.229. The Balaban J connectivity index is 1.47. The van der Waals surface area contributed by atoms with Crippen molar-refractivity contribution in [3.63, 3.8) is 0 Å². The molecular formula is C25H24N2O3. The van der Waals surface area contributed by atoms with Crippen molar-refractivity contribution in [2.45, 2.75) is 32.8 Å². The molecule has 30 heavy (non-hydrogen) atoms. The molecule has 4 aromatic rings. The molecule has 0 aliphatic carbocycles. The fourth-order valence-corrected chi connectivity index (χ4v) is 3.12. The van der Waals surface area contributed by atoms with Crippen molar-refractivity contribution >= 4 is 22.7 Å². The summed E-state index contributed by atoms with van der Waals surface area (Å²) in [5.41, 5.74) is 3.35. The molecule has 0 aliphatic heterocycles. The van der Waals surface area contributed by atoms with E-state index in [1.54, 1.807) is 13.8 Å². The van der Waals surface area contributed by atoms with Crippen LogP contribution in [0.5, 0.6) is 5.75 Å². The van der Waals surface area contributed by atoms with Gasteiger partial charge in [-0.05, 0) is 74.4 Å². The number of ether oxygens (including phenoxy) is 1. The summed E-state index contributed by atoms with van der Waals surface area (Å²) in [6, 6.07) is 22.8. The fraction of sp³-hybridized carbons (Fsp3) is 0.200. The van der Waals surface area contributed by atoms with E-state index in [2.05, 4.69) is 23.3 Å². The first kappa shape index (κ1) is 19.7. The molecule has 0 spiro atoms. The molecular weight excluding hydrogens is 376 g/mol. The second kappa shape index (κ2) is 8.03. The molecule has 0 fully saturated rings. The van der Waals surface area contributed by atoms with Gasteiger partial charge in [0, 0.05) is 11.3 Å². The molecule has 1 amide bonds. The molecule has 152 valence electrons. The number of aryl methyl sites for hydroxylation is 1. The van der Waals surface area contributed by atoms with Crippen LogP contribution in [-0.2, 0) is 11.2 Å². The quantitative estimate of drug-likeness (QED) is 0.441. The number of nitrogens with zero attached hydrogens (tertiary/aromatic N) is 1. The maximum absolute atomic E-state index is 12.7. The van der Waals surface area contributed by atoms with Crippen molar-refractivity contribution in [2.75, 3.05) is 5.32 Å². The monoisotopic (exact) mass is 400 g/mol. The average molecular weight is 400 g/mol. The zero-order chi connectivity index (χ0) is 21.1. The molecule has 0 aliphatic rings. The molecule has 0 unspecified atom stereocenters. The summed E-state index contributed by atoms with van der Waals surface area (Å²) in [4.78, 5) is 17.3. The number of benzene rings is 3. The zero-order valence-corrected chi connectivity index (χ0v) is 17.3. The zero-order valence-electron chi connectivity index (χ0n) is 17.3. The van der Waals surface area contributed by atoms with E-state index in [9.17, 15) is 4.79 Å². The van der Waals surface area contributed by atoms with Crippen LogP contribution in [0.3, 0.4) is 0 Å². The van der Waals surface area contributed by atoms with Gasteiger partial charge in [-0.3, -0.25) is 4.79 Å². The van der Waals surface area contributed by atoms with E-state index in [1.807, 2.05) is 66.7 Å². The van der Waals surface area contributed by atoms with Crippen molar-refractivity contribution < 1.29 is 13.9 Å². The SMILES string of the molecule is CCc1ccc2oc(-c3ccc(NC(=O)C(C)(C)Oc4ccccc4)cc3)nc2c1. The minimum Gasteiger partial charge on any atom is -0.478 e. The van der Waals surface area contributed by atoms with Crippen LogP contribution < -0.4 is 10.1 Å². The highest BCUT2D eigenvalue weighted by molar-refractivity contribution is 5.97. The number of rotatable bonds is 6. The lowest BCUT2D eigenvalue weighted by molar-refractivity contribution is -0.128. The van der Waals surface area contributed by atoms with E-state index < -0.39 is 5.60 Å². The number of hydrogen-bond acceptors (Lipinski definition) is 4. The van der Waals surface area contributed by atoms with Crippen LogP contribution in [0.2, 0.25) is 0 Å². The second-order valence-electron chi connectivity index (χ2n) is 7.63. The number of para-hydroxylation sites is 1. The van der Waals surface area contributed by atoms with Gasteiger partial charge < -0.3 is 14.5 Å². The van der Waals surface area contributed by atoms with E-state index in [1.165, 1.54) is 5.56 Å². The lowest BCUT2D eigenvalue weighted by Crippen LogP contribution is -2.42. The smallest absolute Gasteiger partial charge is 0.267 e. The number of oxazole rings is 1. The topological polar surface area (TPSA) is 64.4 Å². The van der Waals surface area contributed by atoms with Crippen LogP contribution in [0, 0.1) is 0 Å². The van der Waals surface area contributed by atoms with Crippen LogP contribution >= 0.6 is 0 Å². The number of anilines is 1. The van der Waals surface area contributed by atoms with Crippen molar-refractivity contribution in [3.05, 3.63) is 78.4 Å². The van der Waals surface area contributed by atoms with Gasteiger partial charge in [0.25, 0.3) is 5.91 Å². The Hall–Kier alpha value is -3.60. The highest BCUT2D eigenvalue weighted by atomic mass is 16.5. The number of aromatic nitrogens is 1. The first-order valence-corrected chi connectivity index (χ1v) is 10.00. The number of carbonyl (C=O) groups excluding carboxylic acids is 1. The predicted octanol–water partition coefficient (Wildman–Crippen LogP) is 5.85. The molecule has 1 N–H and O–H groups in total. The summed E-state index contributed by atoms with van der Waals surface area (Å²) < 4.78 is 11.7. The van der Waals surface area contributed by atoms with E-state index >= 15 is 0 Å². The van der Waals surface area contributed by atoms with Gasteiger partial charge in [-0.1, -0.05) is 31.2 Å². The summed E-state index contributed by atoms with van der Waals surface area (Å²) in [7, 11) is 0. The third kappa shape index (κ3) is 4.20. The summed E-state index contributed by atoms with van der Waals surface area (Å²) in [6.45, 7) is 5.60. The molecule has 0 atom stereocenters. The Morgan fingerprint density at radius 2 is 1.77 bits per heavy atom. The van der Waals surface area contributed by atoms with Crippen molar-refractivity contribution in [1.82, 2.24) is 4.98 Å². The molecule has 0 saturated heterocycles. The number of amides is 1. The molecule has 4 rings (SSSR count). The minimum atomic E-state index is -1.02. The first-order valence-electron chi connectivity index (χ1n) is 10.00. The van der Waals surface area contributed by atoms with E-state index in [4.69, 9.17) is 9.15 Å². The van der Waals surface area contributed by atoms with Crippen LogP contribution in [0.4, 0.5) is 5.69 Å². The third-order valence-corrected chi connectivity index (χ3v) is 4.91. The molecule has 5 nitrogen and oxygen atoms in total. The Labute approximate surface area is 175 Å². The Kier molecular flexibility index (Phi) is 5.27. The van der Waals surface area contributed by atoms with Gasteiger partial charge in [-0.2, -0.15) is 0 Å². The van der Waals surface area contributed by atoms with Gasteiger partial charge in [0.1, 0.15) is 11.3 Å². The van der Waals surface area contributed by atoms with E-state index in [0.29, 0.717) is 17.3 Å². The largest absolute Gasteiger partial charge is 0.478 e. The standard InChI is InChI=1S/C25H24N2O3/c1-4-17-10-15-22-21(16-17)27-23(29-22)18-11-13-19(14-12-18)26-24(28)25(2,3)30-20-8-6-5-7-9-20/h5-16H,4H2,1-3H3,(H,26,28). The molecule has 3 aromatic carbocycles. The maximum atomic E-state index is 12.7. The maximum Gasteiger partial charge on any atom is 0.267 e. The highest BCUT2D eigenvalue weighted by Crippen LogP contribution is 2.27. The summed E-state index contributed by atoms with van der Waals surface area (Å²) >= 11 is 0. The van der Waals surface area contributed by atoms with Gasteiger partial charge in [0.05, 0.1) is 0 Å². The van der Waals surface area contributed by atoms with E-state index in [0.717, 1.165) is 23.1 Å². The number of carbonyl (C=O) groups is 1. The summed E-state index contributed by atoms with van der Waals surface area (Å²) in [6.07, 6.45) is 0.955. The fourth-order valence-electron chi connectivity index (χ4n) is 3.12. The lowest BCUT2D eigenvalue weighted by atomic mass is 10.1. The number of hydrogen-bond donors (Lipinski definition) is 1. The Bertz CT molecular complexity index is 1160. The van der Waals surface area contributed by atoms with Crippen LogP contribution in [0.25, 0.3) is 22.6 Å². The summed E-state index contributed by atoms with van der Waals surface area (Å²) in [5.74, 6) is 0.979. The first-order chi connectivity index (χ1) is 14.4. The average Bonchev–Trinajstić information content (AvgIpc) is 3.18. The van der Waals surface area contributed by atoms with Gasteiger partial charge in [0.2, 0.25) is 5.89 Å². The van der Waals surface area contributed by atoms with Crippen LogP contribution in [-0.4, -0.2) is 16.5 Å². The van der Waals surface area contributed by atoms with Crippen molar-refractivity contribution in [1.29, 1.82) is 0 Å². The number of fused-ring (bicyclic) bond motifs is 1. The molecule has 1 heterocycles. The molecule has 0 radical (unpaired) electrons. The number of nitrogens with one attached hydrogen (secondary N) is 1. The molecule has 1 aromatic heterocycles. The molecule has 0 bridgehead atoms. The van der Waals surface area contributed by atoms with Crippen LogP contribution in [0.1, 0.15) is 26.3 Å². The predicted molar refractivity (Wildman–Crippen MR) is 119 cm³/mol. The Morgan fingerprint density at radius 3 is 2.47 bits per heavy atom. The van der Waals surface area contributed by atoms with Crippen LogP contribution in [0.15, 0.2) is 77.2 Å². The van der Waals surface area contributed by atoms with Gasteiger partial charge in [-0.15, -0.1) is 0 Å².